The van der Waals surface area contributed by atoms with E-state index in [1.54, 1.807) is 24.3 Å². The number of hydrogen-bond donors (Lipinski definition) is 2. The summed E-state index contributed by atoms with van der Waals surface area (Å²) < 4.78 is 5.91. The molecular formula is C18H25NO4. The zero-order chi connectivity index (χ0) is 16.7. The van der Waals surface area contributed by atoms with E-state index in [1.807, 2.05) is 13.0 Å². The fourth-order valence-corrected chi connectivity index (χ4v) is 2.95. The van der Waals surface area contributed by atoms with Gasteiger partial charge in [0.15, 0.2) is 6.04 Å². The number of amides is 1. The predicted octanol–water partition coefficient (Wildman–Crippen LogP) is 3.06. The second kappa shape index (κ2) is 8.67. The van der Waals surface area contributed by atoms with Crippen molar-refractivity contribution < 1.29 is 19.4 Å². The molecule has 23 heavy (non-hydrogen) atoms. The molecule has 0 aromatic heterocycles. The largest absolute Gasteiger partial charge is 0.479 e. The molecule has 0 saturated heterocycles. The van der Waals surface area contributed by atoms with Crippen LogP contribution in [0.25, 0.3) is 0 Å². The Kier molecular flexibility index (Phi) is 6.59. The first-order valence-electron chi connectivity index (χ1n) is 8.35. The van der Waals surface area contributed by atoms with Crippen molar-refractivity contribution in [3.05, 3.63) is 35.9 Å². The van der Waals surface area contributed by atoms with Gasteiger partial charge in [-0.15, -0.1) is 0 Å². The Morgan fingerprint density at radius 3 is 2.43 bits per heavy atom. The number of carbonyl (C=O) groups excluding carboxylic acids is 1. The van der Waals surface area contributed by atoms with E-state index >= 15 is 0 Å². The summed E-state index contributed by atoms with van der Waals surface area (Å²) in [5, 5.41) is 12.0. The van der Waals surface area contributed by atoms with E-state index < -0.39 is 18.1 Å². The Balaban J connectivity index is 1.99. The third kappa shape index (κ3) is 5.06. The van der Waals surface area contributed by atoms with Crippen LogP contribution in [0.1, 0.15) is 57.1 Å². The highest BCUT2D eigenvalue weighted by molar-refractivity contribution is 5.87. The van der Waals surface area contributed by atoms with Crippen LogP contribution in [-0.4, -0.2) is 29.2 Å². The summed E-state index contributed by atoms with van der Waals surface area (Å²) in [5.41, 5.74) is 0.556. The van der Waals surface area contributed by atoms with Crippen molar-refractivity contribution in [3.63, 3.8) is 0 Å². The van der Waals surface area contributed by atoms with E-state index in [2.05, 4.69) is 5.32 Å². The Bertz CT molecular complexity index is 511. The Hall–Kier alpha value is -1.88. The minimum Gasteiger partial charge on any atom is -0.479 e. The van der Waals surface area contributed by atoms with Gasteiger partial charge in [0.1, 0.15) is 6.10 Å². The third-order valence-corrected chi connectivity index (χ3v) is 4.24. The molecule has 126 valence electrons. The number of hydrogen-bond acceptors (Lipinski definition) is 3. The molecule has 1 aliphatic rings. The van der Waals surface area contributed by atoms with Gasteiger partial charge in [0.25, 0.3) is 0 Å². The van der Waals surface area contributed by atoms with Crippen LogP contribution in [0, 0.1) is 0 Å². The van der Waals surface area contributed by atoms with Crippen molar-refractivity contribution in [3.8, 4) is 0 Å². The van der Waals surface area contributed by atoms with Crippen molar-refractivity contribution in [2.45, 2.75) is 63.7 Å². The number of ether oxygens (including phenoxy) is 1. The Labute approximate surface area is 137 Å². The number of carbonyl (C=O) groups is 2. The van der Waals surface area contributed by atoms with Crippen LogP contribution in [-0.2, 0) is 14.3 Å². The maximum absolute atomic E-state index is 12.4. The fourth-order valence-electron chi connectivity index (χ4n) is 2.95. The molecule has 1 fully saturated rings. The normalized spacial score (nSPS) is 18.1. The maximum atomic E-state index is 12.4. The molecular weight excluding hydrogens is 294 g/mol. The average Bonchev–Trinajstić information content (AvgIpc) is 2.58. The number of benzene rings is 1. The van der Waals surface area contributed by atoms with Crippen molar-refractivity contribution >= 4 is 11.9 Å². The molecule has 0 bridgehead atoms. The molecule has 1 aromatic carbocycles. The summed E-state index contributed by atoms with van der Waals surface area (Å²) in [6, 6.07) is 7.67. The second-order valence-electron chi connectivity index (χ2n) is 5.98. The summed E-state index contributed by atoms with van der Waals surface area (Å²) in [4.78, 5) is 23.9. The van der Waals surface area contributed by atoms with Crippen molar-refractivity contribution in [2.24, 2.45) is 0 Å². The van der Waals surface area contributed by atoms with E-state index in [4.69, 9.17) is 4.74 Å². The van der Waals surface area contributed by atoms with Crippen LogP contribution >= 0.6 is 0 Å². The van der Waals surface area contributed by atoms with Crippen molar-refractivity contribution in [1.82, 2.24) is 5.32 Å². The van der Waals surface area contributed by atoms with Crippen LogP contribution < -0.4 is 5.32 Å². The van der Waals surface area contributed by atoms with Gasteiger partial charge in [-0.25, -0.2) is 4.79 Å². The highest BCUT2D eigenvalue weighted by Crippen LogP contribution is 2.22. The first-order chi connectivity index (χ1) is 11.1. The van der Waals surface area contributed by atoms with Gasteiger partial charge in [0.05, 0.1) is 6.10 Å². The van der Waals surface area contributed by atoms with E-state index in [0.717, 1.165) is 25.7 Å². The van der Waals surface area contributed by atoms with E-state index in [0.29, 0.717) is 12.0 Å². The maximum Gasteiger partial charge on any atom is 0.330 e. The SMILES string of the molecule is CCC(OC1CCCCC1)C(=O)N[C@H](C(=O)O)c1ccccc1. The van der Waals surface area contributed by atoms with Crippen LogP contribution in [0.15, 0.2) is 30.3 Å². The number of carboxylic acid groups (broad SMARTS) is 1. The van der Waals surface area contributed by atoms with Gasteiger partial charge in [-0.1, -0.05) is 56.5 Å². The molecule has 2 atom stereocenters. The molecule has 2 N–H and O–H groups in total. The van der Waals surface area contributed by atoms with Crippen molar-refractivity contribution in [2.75, 3.05) is 0 Å². The zero-order valence-electron chi connectivity index (χ0n) is 13.5. The molecule has 1 amide bonds. The molecule has 1 unspecified atom stereocenters. The van der Waals surface area contributed by atoms with Gasteiger partial charge in [0.2, 0.25) is 5.91 Å². The smallest absolute Gasteiger partial charge is 0.330 e. The molecule has 0 radical (unpaired) electrons. The monoisotopic (exact) mass is 319 g/mol. The van der Waals surface area contributed by atoms with Gasteiger partial charge >= 0.3 is 5.97 Å². The molecule has 1 saturated carbocycles. The van der Waals surface area contributed by atoms with Crippen LogP contribution in [0.3, 0.4) is 0 Å². The highest BCUT2D eigenvalue weighted by atomic mass is 16.5. The minimum atomic E-state index is -1.07. The van der Waals surface area contributed by atoms with Gasteiger partial charge in [-0.2, -0.15) is 0 Å². The lowest BCUT2D eigenvalue weighted by Gasteiger charge is -2.27. The Morgan fingerprint density at radius 1 is 1.22 bits per heavy atom. The topological polar surface area (TPSA) is 75.6 Å². The van der Waals surface area contributed by atoms with Crippen LogP contribution in [0.5, 0.6) is 0 Å². The molecule has 2 rings (SSSR count). The van der Waals surface area contributed by atoms with E-state index in [-0.39, 0.29) is 12.0 Å². The van der Waals surface area contributed by atoms with E-state index in [9.17, 15) is 14.7 Å². The summed E-state index contributed by atoms with van der Waals surface area (Å²) in [7, 11) is 0. The summed E-state index contributed by atoms with van der Waals surface area (Å²) in [6.07, 6.45) is 5.48. The third-order valence-electron chi connectivity index (χ3n) is 4.24. The van der Waals surface area contributed by atoms with E-state index in [1.165, 1.54) is 6.42 Å². The van der Waals surface area contributed by atoms with Gasteiger partial charge in [0, 0.05) is 0 Å². The van der Waals surface area contributed by atoms with Gasteiger partial charge in [-0.05, 0) is 24.8 Å². The lowest BCUT2D eigenvalue weighted by molar-refractivity contribution is -0.146. The number of rotatable bonds is 7. The standard InChI is InChI=1S/C18H25NO4/c1-2-15(23-14-11-7-4-8-12-14)17(20)19-16(18(21)22)13-9-5-3-6-10-13/h3,5-6,9-10,14-16H,2,4,7-8,11-12H2,1H3,(H,19,20)(H,21,22)/t15?,16-/m0/s1. The molecule has 0 aliphatic heterocycles. The first kappa shape index (κ1) is 17.5. The molecule has 1 aromatic rings. The molecule has 1 aliphatic carbocycles. The fraction of sp³-hybridized carbons (Fsp3) is 0.556. The number of carboxylic acids is 1. The van der Waals surface area contributed by atoms with Gasteiger partial charge < -0.3 is 15.2 Å². The zero-order valence-corrected chi connectivity index (χ0v) is 13.5. The molecule has 5 nitrogen and oxygen atoms in total. The molecule has 0 spiro atoms. The average molecular weight is 319 g/mol. The number of aliphatic carboxylic acids is 1. The number of nitrogens with one attached hydrogen (secondary N) is 1. The van der Waals surface area contributed by atoms with Gasteiger partial charge in [-0.3, -0.25) is 4.79 Å². The minimum absolute atomic E-state index is 0.111. The van der Waals surface area contributed by atoms with Crippen molar-refractivity contribution in [1.29, 1.82) is 0 Å². The lowest BCUT2D eigenvalue weighted by Crippen LogP contribution is -2.42. The van der Waals surface area contributed by atoms with Crippen LogP contribution in [0.2, 0.25) is 0 Å². The highest BCUT2D eigenvalue weighted by Gasteiger charge is 2.28. The molecule has 0 heterocycles. The Morgan fingerprint density at radius 2 is 1.87 bits per heavy atom. The van der Waals surface area contributed by atoms with Crippen LogP contribution in [0.4, 0.5) is 0 Å². The second-order valence-corrected chi connectivity index (χ2v) is 5.98. The lowest BCUT2D eigenvalue weighted by atomic mass is 9.97. The summed E-state index contributed by atoms with van der Waals surface area (Å²) in [5.74, 6) is -1.42. The predicted molar refractivity (Wildman–Crippen MR) is 87.0 cm³/mol. The summed E-state index contributed by atoms with van der Waals surface area (Å²) in [6.45, 7) is 1.88. The molecule has 5 heteroatoms. The summed E-state index contributed by atoms with van der Waals surface area (Å²) >= 11 is 0. The first-order valence-corrected chi connectivity index (χ1v) is 8.35. The quantitative estimate of drug-likeness (QED) is 0.810.